The zero-order chi connectivity index (χ0) is 13.7. The van der Waals surface area contributed by atoms with Crippen LogP contribution in [0.15, 0.2) is 34.2 Å². The summed E-state index contributed by atoms with van der Waals surface area (Å²) < 4.78 is 0. The normalized spacial score (nSPS) is 19.4. The van der Waals surface area contributed by atoms with Crippen molar-refractivity contribution in [2.45, 2.75) is 30.6 Å². The molecule has 2 rings (SSSR count). The van der Waals surface area contributed by atoms with Gasteiger partial charge in [0.15, 0.2) is 5.96 Å². The van der Waals surface area contributed by atoms with E-state index in [9.17, 15) is 0 Å². The summed E-state index contributed by atoms with van der Waals surface area (Å²) in [7, 11) is 2.00. The van der Waals surface area contributed by atoms with Crippen LogP contribution in [0.4, 0.5) is 0 Å². The number of nitrogens with zero attached hydrogens (tertiary/aromatic N) is 2. The molecule has 1 atom stereocenters. The summed E-state index contributed by atoms with van der Waals surface area (Å²) in [6, 6.07) is 8.88. The fourth-order valence-electron chi connectivity index (χ4n) is 2.21. The van der Waals surface area contributed by atoms with E-state index in [-0.39, 0.29) is 0 Å². The number of nitrogens with two attached hydrogens (primary N) is 1. The SMILES string of the molecule is CCCCSc1cccc(C2CN=C(N)N(C)C2)c1. The molecule has 3 nitrogen and oxygen atoms in total. The lowest BCUT2D eigenvalue weighted by molar-refractivity contribution is 0.422. The number of thioether (sulfide) groups is 1. The minimum Gasteiger partial charge on any atom is -0.370 e. The van der Waals surface area contributed by atoms with E-state index in [0.29, 0.717) is 11.9 Å². The summed E-state index contributed by atoms with van der Waals surface area (Å²) in [5.74, 6) is 2.32. The number of unbranched alkanes of at least 4 members (excludes halogenated alkanes) is 1. The summed E-state index contributed by atoms with van der Waals surface area (Å²) in [6.07, 6.45) is 2.54. The molecule has 0 saturated heterocycles. The molecule has 0 spiro atoms. The van der Waals surface area contributed by atoms with Gasteiger partial charge in [-0.25, -0.2) is 0 Å². The molecular weight excluding hydrogens is 254 g/mol. The van der Waals surface area contributed by atoms with Gasteiger partial charge in [0.1, 0.15) is 0 Å². The van der Waals surface area contributed by atoms with Crippen molar-refractivity contribution in [1.29, 1.82) is 0 Å². The first-order chi connectivity index (χ1) is 9.20. The Morgan fingerprint density at radius 1 is 1.47 bits per heavy atom. The maximum Gasteiger partial charge on any atom is 0.191 e. The van der Waals surface area contributed by atoms with Crippen molar-refractivity contribution in [3.05, 3.63) is 29.8 Å². The predicted molar refractivity (Wildman–Crippen MR) is 83.9 cm³/mol. The highest BCUT2D eigenvalue weighted by Gasteiger charge is 2.19. The standard InChI is InChI=1S/C15H23N3S/c1-3-4-8-19-14-7-5-6-12(9-14)13-10-17-15(16)18(2)11-13/h5-7,9,13H,3-4,8,10-11H2,1-2H3,(H2,16,17). The first kappa shape index (κ1) is 14.3. The average molecular weight is 277 g/mol. The highest BCUT2D eigenvalue weighted by atomic mass is 32.2. The van der Waals surface area contributed by atoms with Gasteiger partial charge in [-0.3, -0.25) is 4.99 Å². The molecule has 0 radical (unpaired) electrons. The molecule has 1 unspecified atom stereocenters. The van der Waals surface area contributed by atoms with Crippen molar-refractivity contribution < 1.29 is 0 Å². The van der Waals surface area contributed by atoms with Crippen LogP contribution in [0.25, 0.3) is 0 Å². The summed E-state index contributed by atoms with van der Waals surface area (Å²) >= 11 is 1.95. The van der Waals surface area contributed by atoms with E-state index in [2.05, 4.69) is 36.2 Å². The summed E-state index contributed by atoms with van der Waals surface area (Å²) in [5.41, 5.74) is 7.18. The number of hydrogen-bond acceptors (Lipinski definition) is 4. The van der Waals surface area contributed by atoms with E-state index in [1.165, 1.54) is 29.1 Å². The average Bonchev–Trinajstić information content (AvgIpc) is 2.43. The molecule has 0 aliphatic carbocycles. The van der Waals surface area contributed by atoms with Gasteiger partial charge in [0, 0.05) is 24.4 Å². The molecule has 0 aromatic heterocycles. The van der Waals surface area contributed by atoms with Crippen LogP contribution in [0, 0.1) is 0 Å². The van der Waals surface area contributed by atoms with Crippen LogP contribution in [0.1, 0.15) is 31.2 Å². The van der Waals surface area contributed by atoms with Crippen molar-refractivity contribution in [3.8, 4) is 0 Å². The Hall–Kier alpha value is -1.16. The highest BCUT2D eigenvalue weighted by molar-refractivity contribution is 7.99. The summed E-state index contributed by atoms with van der Waals surface area (Å²) in [6.45, 7) is 3.99. The van der Waals surface area contributed by atoms with Gasteiger partial charge in [0.2, 0.25) is 0 Å². The van der Waals surface area contributed by atoms with E-state index < -0.39 is 0 Å². The van der Waals surface area contributed by atoms with Crippen molar-refractivity contribution in [1.82, 2.24) is 4.90 Å². The van der Waals surface area contributed by atoms with Gasteiger partial charge in [-0.15, -0.1) is 11.8 Å². The summed E-state index contributed by atoms with van der Waals surface area (Å²) in [4.78, 5) is 7.79. The van der Waals surface area contributed by atoms with E-state index in [1.54, 1.807) is 0 Å². The number of hydrogen-bond donors (Lipinski definition) is 1. The van der Waals surface area contributed by atoms with Crippen LogP contribution in [-0.4, -0.2) is 36.7 Å². The molecule has 1 aliphatic rings. The number of benzene rings is 1. The minimum atomic E-state index is 0.462. The summed E-state index contributed by atoms with van der Waals surface area (Å²) in [5, 5.41) is 0. The Labute approximate surface area is 120 Å². The smallest absolute Gasteiger partial charge is 0.191 e. The topological polar surface area (TPSA) is 41.6 Å². The third-order valence-corrected chi connectivity index (χ3v) is 4.54. The Morgan fingerprint density at radius 3 is 3.05 bits per heavy atom. The second kappa shape index (κ2) is 6.85. The molecule has 1 heterocycles. The molecule has 2 N–H and O–H groups in total. The van der Waals surface area contributed by atoms with Crippen LogP contribution < -0.4 is 5.73 Å². The van der Waals surface area contributed by atoms with Crippen LogP contribution in [0.5, 0.6) is 0 Å². The molecule has 0 fully saturated rings. The number of aliphatic imine (C=N–C) groups is 1. The van der Waals surface area contributed by atoms with Crippen LogP contribution in [0.3, 0.4) is 0 Å². The first-order valence-electron chi connectivity index (χ1n) is 6.94. The Balaban J connectivity index is 2.02. The second-order valence-electron chi connectivity index (χ2n) is 5.05. The largest absolute Gasteiger partial charge is 0.370 e. The van der Waals surface area contributed by atoms with Gasteiger partial charge >= 0.3 is 0 Å². The van der Waals surface area contributed by atoms with Crippen molar-refractivity contribution >= 4 is 17.7 Å². The molecule has 1 aliphatic heterocycles. The highest BCUT2D eigenvalue weighted by Crippen LogP contribution is 2.26. The number of guanidine groups is 1. The van der Waals surface area contributed by atoms with Crippen molar-refractivity contribution in [3.63, 3.8) is 0 Å². The fourth-order valence-corrected chi connectivity index (χ4v) is 3.27. The monoisotopic (exact) mass is 277 g/mol. The van der Waals surface area contributed by atoms with Crippen molar-refractivity contribution in [2.75, 3.05) is 25.9 Å². The third-order valence-electron chi connectivity index (χ3n) is 3.46. The zero-order valence-electron chi connectivity index (χ0n) is 11.8. The van der Waals surface area contributed by atoms with E-state index in [1.807, 2.05) is 23.7 Å². The van der Waals surface area contributed by atoms with Crippen LogP contribution >= 0.6 is 11.8 Å². The quantitative estimate of drug-likeness (QED) is 0.664. The number of rotatable bonds is 5. The molecule has 0 bridgehead atoms. The first-order valence-corrected chi connectivity index (χ1v) is 7.93. The van der Waals surface area contributed by atoms with Crippen LogP contribution in [-0.2, 0) is 0 Å². The number of likely N-dealkylation sites (N-methyl/N-ethyl adjacent to an activating group) is 1. The van der Waals surface area contributed by atoms with Gasteiger partial charge in [-0.05, 0) is 29.9 Å². The lowest BCUT2D eigenvalue weighted by Gasteiger charge is -2.29. The van der Waals surface area contributed by atoms with Gasteiger partial charge in [-0.1, -0.05) is 25.5 Å². The Morgan fingerprint density at radius 2 is 2.32 bits per heavy atom. The lowest BCUT2D eigenvalue weighted by atomic mass is 9.98. The van der Waals surface area contributed by atoms with Gasteiger partial charge < -0.3 is 10.6 Å². The second-order valence-corrected chi connectivity index (χ2v) is 6.22. The molecular formula is C15H23N3S. The lowest BCUT2D eigenvalue weighted by Crippen LogP contribution is -2.41. The molecule has 0 amide bonds. The molecule has 19 heavy (non-hydrogen) atoms. The molecule has 1 aromatic carbocycles. The van der Waals surface area contributed by atoms with Crippen LogP contribution in [0.2, 0.25) is 0 Å². The molecule has 4 heteroatoms. The zero-order valence-corrected chi connectivity index (χ0v) is 12.6. The van der Waals surface area contributed by atoms with E-state index in [4.69, 9.17) is 5.73 Å². The molecule has 104 valence electrons. The van der Waals surface area contributed by atoms with Gasteiger partial charge in [0.05, 0.1) is 6.54 Å². The molecule has 1 aromatic rings. The Kier molecular flexibility index (Phi) is 5.14. The molecule has 0 saturated carbocycles. The minimum absolute atomic E-state index is 0.462. The van der Waals surface area contributed by atoms with Gasteiger partial charge in [-0.2, -0.15) is 0 Å². The third kappa shape index (κ3) is 3.90. The van der Waals surface area contributed by atoms with E-state index >= 15 is 0 Å². The van der Waals surface area contributed by atoms with Gasteiger partial charge in [0.25, 0.3) is 0 Å². The van der Waals surface area contributed by atoms with E-state index in [0.717, 1.165) is 13.1 Å². The maximum atomic E-state index is 5.80. The maximum absolute atomic E-state index is 5.80. The fraction of sp³-hybridized carbons (Fsp3) is 0.533. The Bertz CT molecular complexity index is 445. The predicted octanol–water partition coefficient (Wildman–Crippen LogP) is 2.92. The van der Waals surface area contributed by atoms with Crippen molar-refractivity contribution in [2.24, 2.45) is 10.7 Å².